The molecule has 0 amide bonds. The molecule has 0 aliphatic rings. The predicted molar refractivity (Wildman–Crippen MR) is 81.3 cm³/mol. The molecule has 1 aromatic carbocycles. The Balaban J connectivity index is 2.81. The smallest absolute Gasteiger partial charge is 0.170 e. The Morgan fingerprint density at radius 3 is 2.70 bits per heavy atom. The summed E-state index contributed by atoms with van der Waals surface area (Å²) >= 11 is 0. The average Bonchev–Trinajstić information content (AvgIpc) is 2.46. The second-order valence-corrected chi connectivity index (χ2v) is 5.63. The van der Waals surface area contributed by atoms with Gasteiger partial charge in [-0.15, -0.1) is 0 Å². The van der Waals surface area contributed by atoms with E-state index in [1.54, 1.807) is 13.2 Å². The lowest BCUT2D eigenvalue weighted by Crippen LogP contribution is -2.28. The lowest BCUT2D eigenvalue weighted by molar-refractivity contribution is 0.318. The minimum absolute atomic E-state index is 0.0998. The molecule has 0 spiro atoms. The Morgan fingerprint density at radius 2 is 2.15 bits per heavy atom. The normalized spacial score (nSPS) is 12.5. The van der Waals surface area contributed by atoms with Crippen molar-refractivity contribution in [3.05, 3.63) is 29.3 Å². The van der Waals surface area contributed by atoms with E-state index < -0.39 is 0 Å². The molecule has 0 bridgehead atoms. The zero-order valence-electron chi connectivity index (χ0n) is 12.7. The molecule has 1 aromatic rings. The van der Waals surface area contributed by atoms with Crippen molar-refractivity contribution in [3.63, 3.8) is 0 Å². The monoisotopic (exact) mass is 279 g/mol. The fourth-order valence-electron chi connectivity index (χ4n) is 1.79. The number of methoxy groups -OCH3 is 1. The van der Waals surface area contributed by atoms with Crippen LogP contribution in [0, 0.1) is 5.41 Å². The van der Waals surface area contributed by atoms with E-state index in [9.17, 15) is 0 Å². The molecule has 0 aliphatic heterocycles. The molecule has 0 saturated carbocycles. The lowest BCUT2D eigenvalue weighted by Gasteiger charge is -2.23. The number of hydrogen-bond acceptors (Lipinski definition) is 4. The molecule has 0 aliphatic carbocycles. The van der Waals surface area contributed by atoms with Crippen molar-refractivity contribution in [1.29, 1.82) is 0 Å². The summed E-state index contributed by atoms with van der Waals surface area (Å²) in [5.41, 5.74) is 7.54. The fraction of sp³-hybridized carbons (Fsp3) is 0.533. The minimum atomic E-state index is 0.0998. The maximum absolute atomic E-state index is 8.74. The van der Waals surface area contributed by atoms with E-state index in [0.29, 0.717) is 12.1 Å². The first-order valence-corrected chi connectivity index (χ1v) is 6.79. The van der Waals surface area contributed by atoms with Crippen LogP contribution in [0.5, 0.6) is 5.75 Å². The van der Waals surface area contributed by atoms with E-state index in [1.807, 2.05) is 12.1 Å². The van der Waals surface area contributed by atoms with Gasteiger partial charge in [-0.25, -0.2) is 0 Å². The van der Waals surface area contributed by atoms with Crippen LogP contribution >= 0.6 is 0 Å². The van der Waals surface area contributed by atoms with Gasteiger partial charge in [-0.3, -0.25) is 0 Å². The standard InChI is InChI=1S/C15H25N3O2/c1-5-15(2,3)10-17-9-12-8-11(14(16)18-19)6-7-13(12)20-4/h6-8,17,19H,5,9-10H2,1-4H3,(H2,16,18). The first-order chi connectivity index (χ1) is 9.43. The summed E-state index contributed by atoms with van der Waals surface area (Å²) in [7, 11) is 1.64. The van der Waals surface area contributed by atoms with Gasteiger partial charge < -0.3 is 21.0 Å². The summed E-state index contributed by atoms with van der Waals surface area (Å²) in [4.78, 5) is 0. The number of rotatable bonds is 7. The summed E-state index contributed by atoms with van der Waals surface area (Å²) < 4.78 is 5.34. The first-order valence-electron chi connectivity index (χ1n) is 6.79. The van der Waals surface area contributed by atoms with Gasteiger partial charge in [-0.1, -0.05) is 25.9 Å². The quantitative estimate of drug-likeness (QED) is 0.310. The van der Waals surface area contributed by atoms with Crippen LogP contribution in [0.3, 0.4) is 0 Å². The highest BCUT2D eigenvalue weighted by atomic mass is 16.5. The van der Waals surface area contributed by atoms with Crippen molar-refractivity contribution >= 4 is 5.84 Å². The van der Waals surface area contributed by atoms with Gasteiger partial charge in [0.25, 0.3) is 0 Å². The average molecular weight is 279 g/mol. The molecule has 0 radical (unpaired) electrons. The first kappa shape index (κ1) is 16.3. The summed E-state index contributed by atoms with van der Waals surface area (Å²) in [6.07, 6.45) is 1.11. The molecule has 5 heteroatoms. The van der Waals surface area contributed by atoms with Crippen LogP contribution in [0.4, 0.5) is 0 Å². The minimum Gasteiger partial charge on any atom is -0.496 e. The summed E-state index contributed by atoms with van der Waals surface area (Å²) in [6, 6.07) is 5.47. The van der Waals surface area contributed by atoms with Crippen molar-refractivity contribution in [3.8, 4) is 5.75 Å². The molecule has 0 heterocycles. The molecule has 0 saturated heterocycles. The van der Waals surface area contributed by atoms with Gasteiger partial charge in [-0.2, -0.15) is 0 Å². The van der Waals surface area contributed by atoms with E-state index in [-0.39, 0.29) is 11.3 Å². The predicted octanol–water partition coefficient (Wildman–Crippen LogP) is 2.32. The van der Waals surface area contributed by atoms with Crippen LogP contribution < -0.4 is 15.8 Å². The number of amidine groups is 1. The molecule has 0 atom stereocenters. The number of nitrogens with zero attached hydrogens (tertiary/aromatic N) is 1. The van der Waals surface area contributed by atoms with Crippen LogP contribution in [0.1, 0.15) is 38.3 Å². The topological polar surface area (TPSA) is 79.9 Å². The van der Waals surface area contributed by atoms with Crippen molar-refractivity contribution in [1.82, 2.24) is 5.32 Å². The lowest BCUT2D eigenvalue weighted by atomic mass is 9.90. The van der Waals surface area contributed by atoms with Crippen LogP contribution in [-0.2, 0) is 6.54 Å². The third-order valence-corrected chi connectivity index (χ3v) is 3.56. The third-order valence-electron chi connectivity index (χ3n) is 3.56. The maximum atomic E-state index is 8.74. The van der Waals surface area contributed by atoms with E-state index in [1.165, 1.54) is 0 Å². The number of benzene rings is 1. The Morgan fingerprint density at radius 1 is 1.45 bits per heavy atom. The summed E-state index contributed by atoms with van der Waals surface area (Å²) in [6.45, 7) is 8.23. The molecule has 5 nitrogen and oxygen atoms in total. The Labute approximate surface area is 120 Å². The highest BCUT2D eigenvalue weighted by Gasteiger charge is 2.15. The van der Waals surface area contributed by atoms with E-state index >= 15 is 0 Å². The molecule has 4 N–H and O–H groups in total. The summed E-state index contributed by atoms with van der Waals surface area (Å²) in [5.74, 6) is 0.893. The SMILES string of the molecule is CCC(C)(C)CNCc1cc(/C(N)=N/O)ccc1OC. The van der Waals surface area contributed by atoms with E-state index in [4.69, 9.17) is 15.7 Å². The van der Waals surface area contributed by atoms with Gasteiger partial charge in [0, 0.05) is 24.2 Å². The van der Waals surface area contributed by atoms with Gasteiger partial charge in [0.2, 0.25) is 0 Å². The highest BCUT2D eigenvalue weighted by molar-refractivity contribution is 5.97. The molecule has 0 fully saturated rings. The fourth-order valence-corrected chi connectivity index (χ4v) is 1.79. The van der Waals surface area contributed by atoms with Gasteiger partial charge in [-0.05, 0) is 30.0 Å². The number of nitrogens with one attached hydrogen (secondary N) is 1. The molecule has 0 unspecified atom stereocenters. The third kappa shape index (κ3) is 4.42. The molecule has 1 rings (SSSR count). The zero-order valence-corrected chi connectivity index (χ0v) is 12.7. The van der Waals surface area contributed by atoms with Crippen LogP contribution in [-0.4, -0.2) is 24.7 Å². The molecular formula is C15H25N3O2. The Bertz CT molecular complexity index is 470. The van der Waals surface area contributed by atoms with Crippen molar-refractivity contribution in [2.45, 2.75) is 33.7 Å². The number of oxime groups is 1. The molecule has 112 valence electrons. The van der Waals surface area contributed by atoms with Crippen molar-refractivity contribution < 1.29 is 9.94 Å². The second-order valence-electron chi connectivity index (χ2n) is 5.63. The van der Waals surface area contributed by atoms with Gasteiger partial charge in [0.1, 0.15) is 5.75 Å². The number of nitrogens with two attached hydrogens (primary N) is 1. The van der Waals surface area contributed by atoms with Gasteiger partial charge in [0.15, 0.2) is 5.84 Å². The molecule has 0 aromatic heterocycles. The van der Waals surface area contributed by atoms with Crippen LogP contribution in [0.25, 0.3) is 0 Å². The highest BCUT2D eigenvalue weighted by Crippen LogP contribution is 2.21. The second kappa shape index (κ2) is 7.14. The van der Waals surface area contributed by atoms with Crippen LogP contribution in [0.2, 0.25) is 0 Å². The van der Waals surface area contributed by atoms with Crippen molar-refractivity contribution in [2.24, 2.45) is 16.3 Å². The molecular weight excluding hydrogens is 254 g/mol. The maximum Gasteiger partial charge on any atom is 0.170 e. The Kier molecular flexibility index (Phi) is 5.82. The number of ether oxygens (including phenoxy) is 1. The van der Waals surface area contributed by atoms with Gasteiger partial charge >= 0.3 is 0 Å². The largest absolute Gasteiger partial charge is 0.496 e. The summed E-state index contributed by atoms with van der Waals surface area (Å²) in [5, 5.41) is 15.2. The zero-order chi connectivity index (χ0) is 15.2. The molecule has 20 heavy (non-hydrogen) atoms. The van der Waals surface area contributed by atoms with E-state index in [0.717, 1.165) is 24.3 Å². The Hall–Kier alpha value is -1.75. The van der Waals surface area contributed by atoms with E-state index in [2.05, 4.69) is 31.2 Å². The van der Waals surface area contributed by atoms with Crippen LogP contribution in [0.15, 0.2) is 23.4 Å². The van der Waals surface area contributed by atoms with Gasteiger partial charge in [0.05, 0.1) is 7.11 Å². The number of hydrogen-bond donors (Lipinski definition) is 3. The van der Waals surface area contributed by atoms with Crippen molar-refractivity contribution in [2.75, 3.05) is 13.7 Å².